The second-order valence-corrected chi connectivity index (χ2v) is 8.13. The smallest absolute Gasteiger partial charge is 0.408 e. The van der Waals surface area contributed by atoms with Gasteiger partial charge in [0.15, 0.2) is 0 Å². The molecule has 0 radical (unpaired) electrons. The molecule has 0 fully saturated rings. The molecule has 2 atom stereocenters. The molecule has 172 valence electrons. The molecule has 0 aliphatic carbocycles. The van der Waals surface area contributed by atoms with Gasteiger partial charge in [-0.3, -0.25) is 4.79 Å². The first kappa shape index (κ1) is 24.9. The number of hydrogen-bond acceptors (Lipinski definition) is 5. The number of methoxy groups -OCH3 is 1. The molecule has 7 heteroatoms. The van der Waals surface area contributed by atoms with Gasteiger partial charge in [0.05, 0.1) is 7.11 Å². The topological polar surface area (TPSA) is 93.7 Å². The molecule has 2 amide bonds. The number of esters is 1. The van der Waals surface area contributed by atoms with Gasteiger partial charge in [-0.05, 0) is 42.0 Å². The monoisotopic (exact) mass is 440 g/mol. The Morgan fingerprint density at radius 3 is 2.19 bits per heavy atom. The number of alkyl carbamates (subject to hydrolysis) is 1. The molecule has 0 aromatic heterocycles. The van der Waals surface area contributed by atoms with E-state index in [-0.39, 0.29) is 18.9 Å². The molecule has 0 aliphatic rings. The lowest BCUT2D eigenvalue weighted by Crippen LogP contribution is -2.54. The van der Waals surface area contributed by atoms with Crippen molar-refractivity contribution in [3.05, 3.63) is 70.8 Å². The summed E-state index contributed by atoms with van der Waals surface area (Å²) in [5.74, 6) is -1.25. The molecule has 0 spiro atoms. The van der Waals surface area contributed by atoms with Crippen molar-refractivity contribution in [2.75, 3.05) is 7.11 Å². The Labute approximate surface area is 189 Å². The fourth-order valence-corrected chi connectivity index (χ4v) is 3.19. The van der Waals surface area contributed by atoms with E-state index in [1.165, 1.54) is 7.11 Å². The van der Waals surface area contributed by atoms with Gasteiger partial charge in [0, 0.05) is 6.42 Å². The summed E-state index contributed by atoms with van der Waals surface area (Å²) in [6.45, 7) is 7.70. The van der Waals surface area contributed by atoms with Gasteiger partial charge in [-0.1, -0.05) is 62.4 Å². The fraction of sp³-hybridized carbons (Fsp3) is 0.400. The molecule has 0 bridgehead atoms. The van der Waals surface area contributed by atoms with Crippen LogP contribution in [0.3, 0.4) is 0 Å². The van der Waals surface area contributed by atoms with Crippen LogP contribution in [0.25, 0.3) is 0 Å². The van der Waals surface area contributed by atoms with Crippen LogP contribution in [-0.4, -0.2) is 37.2 Å². The normalized spacial score (nSPS) is 12.6. The van der Waals surface area contributed by atoms with Crippen LogP contribution < -0.4 is 10.6 Å². The zero-order valence-corrected chi connectivity index (χ0v) is 19.3. The highest BCUT2D eigenvalue weighted by molar-refractivity contribution is 5.90. The van der Waals surface area contributed by atoms with Crippen molar-refractivity contribution in [1.29, 1.82) is 0 Å². The molecule has 2 aromatic rings. The summed E-state index contributed by atoms with van der Waals surface area (Å²) in [7, 11) is 1.28. The Bertz CT molecular complexity index is 927. The Morgan fingerprint density at radius 2 is 1.59 bits per heavy atom. The quantitative estimate of drug-likeness (QED) is 0.583. The van der Waals surface area contributed by atoms with Gasteiger partial charge < -0.3 is 20.1 Å². The van der Waals surface area contributed by atoms with E-state index >= 15 is 0 Å². The highest BCUT2D eigenvalue weighted by Crippen LogP contribution is 2.13. The number of amides is 2. The first-order chi connectivity index (χ1) is 15.2. The molecule has 2 aromatic carbocycles. The van der Waals surface area contributed by atoms with Crippen LogP contribution in [-0.2, 0) is 32.1 Å². The molecular weight excluding hydrogens is 408 g/mol. The summed E-state index contributed by atoms with van der Waals surface area (Å²) in [5.41, 5.74) is 3.98. The third kappa shape index (κ3) is 7.41. The third-order valence-electron chi connectivity index (χ3n) is 5.25. The van der Waals surface area contributed by atoms with Crippen LogP contribution in [0, 0.1) is 19.8 Å². The highest BCUT2D eigenvalue weighted by atomic mass is 16.5. The van der Waals surface area contributed by atoms with Crippen molar-refractivity contribution >= 4 is 18.0 Å². The van der Waals surface area contributed by atoms with Crippen molar-refractivity contribution in [3.8, 4) is 0 Å². The van der Waals surface area contributed by atoms with Crippen LogP contribution in [0.4, 0.5) is 4.79 Å². The standard InChI is InChI=1S/C25H32N2O5/c1-16(2)22(27-25(30)32-15-19-9-7-6-8-10-19)23(28)26-21(24(29)31-5)14-20-12-11-17(3)18(4)13-20/h6-13,16,21-22H,14-15H2,1-5H3,(H,26,28)(H,27,30)/t21-,22+/m1/s1. The fourth-order valence-electron chi connectivity index (χ4n) is 3.19. The summed E-state index contributed by atoms with van der Waals surface area (Å²) in [6.07, 6.45) is -0.422. The van der Waals surface area contributed by atoms with Crippen LogP contribution >= 0.6 is 0 Å². The average Bonchev–Trinajstić information content (AvgIpc) is 2.77. The van der Waals surface area contributed by atoms with E-state index < -0.39 is 30.1 Å². The molecule has 0 saturated heterocycles. The van der Waals surface area contributed by atoms with E-state index in [2.05, 4.69) is 10.6 Å². The maximum Gasteiger partial charge on any atom is 0.408 e. The second kappa shape index (κ2) is 11.9. The van der Waals surface area contributed by atoms with Gasteiger partial charge in [0.2, 0.25) is 5.91 Å². The predicted octanol–water partition coefficient (Wildman–Crippen LogP) is 3.45. The second-order valence-electron chi connectivity index (χ2n) is 8.13. The van der Waals surface area contributed by atoms with E-state index in [0.29, 0.717) is 0 Å². The van der Waals surface area contributed by atoms with E-state index in [9.17, 15) is 14.4 Å². The molecule has 2 N–H and O–H groups in total. The van der Waals surface area contributed by atoms with Gasteiger partial charge in [-0.15, -0.1) is 0 Å². The van der Waals surface area contributed by atoms with Crippen molar-refractivity contribution in [2.45, 2.75) is 52.8 Å². The molecule has 0 heterocycles. The highest BCUT2D eigenvalue weighted by Gasteiger charge is 2.30. The lowest BCUT2D eigenvalue weighted by atomic mass is 9.99. The first-order valence-corrected chi connectivity index (χ1v) is 10.6. The van der Waals surface area contributed by atoms with Gasteiger partial charge >= 0.3 is 12.1 Å². The number of benzene rings is 2. The Kier molecular flexibility index (Phi) is 9.25. The maximum absolute atomic E-state index is 12.9. The number of carbonyl (C=O) groups is 3. The van der Waals surface area contributed by atoms with Crippen molar-refractivity contribution in [3.63, 3.8) is 0 Å². The minimum absolute atomic E-state index is 0.0939. The summed E-state index contributed by atoms with van der Waals surface area (Å²) < 4.78 is 10.1. The molecule has 2 rings (SSSR count). The van der Waals surface area contributed by atoms with Crippen LogP contribution in [0.15, 0.2) is 48.5 Å². The minimum atomic E-state index is -0.877. The Balaban J connectivity index is 2.04. The number of rotatable bonds is 9. The van der Waals surface area contributed by atoms with Gasteiger partial charge in [0.25, 0.3) is 0 Å². The van der Waals surface area contributed by atoms with E-state index in [1.54, 1.807) is 13.8 Å². The molecular formula is C25H32N2O5. The number of hydrogen-bond donors (Lipinski definition) is 2. The zero-order valence-electron chi connectivity index (χ0n) is 19.3. The van der Waals surface area contributed by atoms with Gasteiger partial charge in [-0.2, -0.15) is 0 Å². The summed E-state index contributed by atoms with van der Waals surface area (Å²) in [6, 6.07) is 13.4. The van der Waals surface area contributed by atoms with Crippen molar-refractivity contribution in [1.82, 2.24) is 10.6 Å². The summed E-state index contributed by atoms with van der Waals surface area (Å²) in [5, 5.41) is 5.33. The minimum Gasteiger partial charge on any atom is -0.467 e. The maximum atomic E-state index is 12.9. The van der Waals surface area contributed by atoms with E-state index in [0.717, 1.165) is 22.3 Å². The van der Waals surface area contributed by atoms with Crippen LogP contribution in [0.1, 0.15) is 36.1 Å². The third-order valence-corrected chi connectivity index (χ3v) is 5.25. The molecule has 0 unspecified atom stereocenters. The van der Waals surface area contributed by atoms with Crippen LogP contribution in [0.2, 0.25) is 0 Å². The lowest BCUT2D eigenvalue weighted by molar-refractivity contribution is -0.145. The lowest BCUT2D eigenvalue weighted by Gasteiger charge is -2.24. The summed E-state index contributed by atoms with van der Waals surface area (Å²) in [4.78, 5) is 37.5. The van der Waals surface area contributed by atoms with Crippen molar-refractivity contribution in [2.24, 2.45) is 5.92 Å². The largest absolute Gasteiger partial charge is 0.467 e. The average molecular weight is 441 g/mol. The first-order valence-electron chi connectivity index (χ1n) is 10.6. The van der Waals surface area contributed by atoms with Crippen molar-refractivity contribution < 1.29 is 23.9 Å². The number of ether oxygens (including phenoxy) is 2. The van der Waals surface area contributed by atoms with Crippen LogP contribution in [0.5, 0.6) is 0 Å². The van der Waals surface area contributed by atoms with Gasteiger partial charge in [-0.25, -0.2) is 9.59 Å². The Morgan fingerprint density at radius 1 is 0.906 bits per heavy atom. The number of nitrogens with one attached hydrogen (secondary N) is 2. The van der Waals surface area contributed by atoms with E-state index in [4.69, 9.17) is 9.47 Å². The number of carbonyl (C=O) groups excluding carboxylic acids is 3. The SMILES string of the molecule is COC(=O)[C@@H](Cc1ccc(C)c(C)c1)NC(=O)[C@@H](NC(=O)OCc1ccccc1)C(C)C. The molecule has 0 aliphatic heterocycles. The number of aryl methyl sites for hydroxylation is 2. The Hall–Kier alpha value is -3.35. The predicted molar refractivity (Wildman–Crippen MR) is 122 cm³/mol. The molecule has 32 heavy (non-hydrogen) atoms. The molecule has 7 nitrogen and oxygen atoms in total. The van der Waals surface area contributed by atoms with Gasteiger partial charge in [0.1, 0.15) is 18.7 Å². The molecule has 0 saturated carbocycles. The summed E-state index contributed by atoms with van der Waals surface area (Å²) >= 11 is 0. The zero-order chi connectivity index (χ0) is 23.7. The van der Waals surface area contributed by atoms with E-state index in [1.807, 2.05) is 62.4 Å².